The Balaban J connectivity index is 2.45. The van der Waals surface area contributed by atoms with Crippen molar-refractivity contribution >= 4 is 0 Å². The van der Waals surface area contributed by atoms with E-state index in [4.69, 9.17) is 3.69 Å². The first-order valence-corrected chi connectivity index (χ1v) is 4.89. The van der Waals surface area contributed by atoms with Crippen LogP contribution in [0.1, 0.15) is 0 Å². The summed E-state index contributed by atoms with van der Waals surface area (Å²) in [5, 5.41) is 0. The molecule has 0 aliphatic carbocycles. The van der Waals surface area contributed by atoms with Crippen LogP contribution in [0.4, 0.5) is 0 Å². The molecule has 11 heavy (non-hydrogen) atoms. The Kier molecular flexibility index (Phi) is 3.39. The van der Waals surface area contributed by atoms with E-state index in [0.29, 0.717) is 5.75 Å². The molecule has 1 aromatic rings. The number of para-hydroxylation sites is 1. The zero-order valence-corrected chi connectivity index (χ0v) is 7.12. The van der Waals surface area contributed by atoms with Crippen LogP contribution in [0.3, 0.4) is 0 Å². The third-order valence-corrected chi connectivity index (χ3v) is 1.31. The molecule has 0 aliphatic heterocycles. The summed E-state index contributed by atoms with van der Waals surface area (Å²) in [7, 11) is 0. The molecule has 0 saturated carbocycles. The minimum absolute atomic E-state index is 0.419. The summed E-state index contributed by atoms with van der Waals surface area (Å²) >= 11 is -3.54. The van der Waals surface area contributed by atoms with Crippen LogP contribution in [0, 0.1) is 0 Å². The van der Waals surface area contributed by atoms with Gasteiger partial charge in [-0.3, -0.25) is 0 Å². The molecule has 0 saturated heterocycles. The van der Waals surface area contributed by atoms with Gasteiger partial charge in [0.2, 0.25) is 0 Å². The Morgan fingerprint density at radius 2 is 1.91 bits per heavy atom. The zero-order valence-electron chi connectivity index (χ0n) is 5.56. The van der Waals surface area contributed by atoms with Crippen LogP contribution in [0.5, 0.6) is 5.75 Å². The van der Waals surface area contributed by atoms with Crippen molar-refractivity contribution in [2.45, 2.75) is 0 Å². The topological polar surface area (TPSA) is 55.8 Å². The van der Waals surface area contributed by atoms with E-state index < -0.39 is 18.6 Å². The van der Waals surface area contributed by atoms with E-state index in [9.17, 15) is 3.32 Å². The SMILES string of the molecule is [O]=[Ti]([OH])[O]Oc1ccccc1. The number of benzene rings is 1. The Labute approximate surface area is 70.4 Å². The van der Waals surface area contributed by atoms with E-state index in [-0.39, 0.29) is 0 Å². The second kappa shape index (κ2) is 4.36. The van der Waals surface area contributed by atoms with Crippen LogP contribution in [0.25, 0.3) is 0 Å². The summed E-state index contributed by atoms with van der Waals surface area (Å²) in [5.41, 5.74) is 0. The summed E-state index contributed by atoms with van der Waals surface area (Å²) in [4.78, 5) is 4.48. The zero-order chi connectivity index (χ0) is 8.10. The molecule has 0 aromatic heterocycles. The molecule has 0 aliphatic rings. The number of hydrogen-bond acceptors (Lipinski definition) is 3. The first kappa shape index (κ1) is 8.55. The van der Waals surface area contributed by atoms with Crippen molar-refractivity contribution in [2.75, 3.05) is 0 Å². The van der Waals surface area contributed by atoms with E-state index in [0.717, 1.165) is 0 Å². The van der Waals surface area contributed by atoms with Crippen LogP contribution in [0.15, 0.2) is 30.3 Å². The molecule has 0 radical (unpaired) electrons. The Hall–Kier alpha value is -0.546. The molecular weight excluding hydrogens is 184 g/mol. The van der Waals surface area contributed by atoms with E-state index in [1.165, 1.54) is 0 Å². The second-order valence-electron chi connectivity index (χ2n) is 1.75. The predicted octanol–water partition coefficient (Wildman–Crippen LogP) is 0.783. The van der Waals surface area contributed by atoms with Crippen molar-refractivity contribution in [3.8, 4) is 5.75 Å². The van der Waals surface area contributed by atoms with Crippen LogP contribution < -0.4 is 4.89 Å². The van der Waals surface area contributed by atoms with Gasteiger partial charge >= 0.3 is 70.1 Å². The van der Waals surface area contributed by atoms with Gasteiger partial charge in [0.1, 0.15) is 0 Å². The van der Waals surface area contributed by atoms with Gasteiger partial charge in [-0.05, 0) is 0 Å². The molecule has 0 spiro atoms. The van der Waals surface area contributed by atoms with Crippen molar-refractivity contribution < 1.29 is 34.0 Å². The fraction of sp³-hybridized carbons (Fsp3) is 0. The van der Waals surface area contributed by atoms with Crippen molar-refractivity contribution in [1.82, 2.24) is 0 Å². The third-order valence-electron chi connectivity index (χ3n) is 0.952. The van der Waals surface area contributed by atoms with Gasteiger partial charge in [-0.25, -0.2) is 0 Å². The van der Waals surface area contributed by atoms with Gasteiger partial charge in [0.15, 0.2) is 0 Å². The van der Waals surface area contributed by atoms with Gasteiger partial charge in [-0.1, -0.05) is 0 Å². The van der Waals surface area contributed by atoms with Crippen LogP contribution in [0.2, 0.25) is 0 Å². The molecule has 1 aromatic carbocycles. The van der Waals surface area contributed by atoms with Crippen LogP contribution >= 0.6 is 0 Å². The van der Waals surface area contributed by atoms with Gasteiger partial charge in [0.25, 0.3) is 0 Å². The summed E-state index contributed by atoms with van der Waals surface area (Å²) in [6.07, 6.45) is 0. The number of hydrogen-bond donors (Lipinski definition) is 1. The molecule has 1 N–H and O–H groups in total. The standard InChI is InChI=1S/C6H6O2.H2O.O.Ti/c7-8-6-4-2-1-3-5-6;;;/h1-5,7H;1H2;;/q;;;+2/p-2. The Bertz CT molecular complexity index is 236. The molecule has 1 rings (SSSR count). The average molecular weight is 190 g/mol. The van der Waals surface area contributed by atoms with Gasteiger partial charge in [0, 0.05) is 0 Å². The van der Waals surface area contributed by atoms with Crippen LogP contribution in [-0.2, 0) is 25.4 Å². The first-order valence-electron chi connectivity index (χ1n) is 2.91. The van der Waals surface area contributed by atoms with Gasteiger partial charge < -0.3 is 0 Å². The Morgan fingerprint density at radius 1 is 1.27 bits per heavy atom. The monoisotopic (exact) mass is 190 g/mol. The maximum atomic E-state index is 10.1. The molecular formula is C6H6O4Ti. The van der Waals surface area contributed by atoms with Crippen molar-refractivity contribution in [3.63, 3.8) is 0 Å². The average Bonchev–Trinajstić information content (AvgIpc) is 2.03. The van der Waals surface area contributed by atoms with E-state index >= 15 is 0 Å². The molecule has 4 nitrogen and oxygen atoms in total. The summed E-state index contributed by atoms with van der Waals surface area (Å²) < 4.78 is 22.4. The van der Waals surface area contributed by atoms with Gasteiger partial charge in [-0.2, -0.15) is 0 Å². The molecule has 0 heterocycles. The van der Waals surface area contributed by atoms with Gasteiger partial charge in [0.05, 0.1) is 0 Å². The molecule has 0 amide bonds. The van der Waals surface area contributed by atoms with Gasteiger partial charge in [-0.15, -0.1) is 0 Å². The predicted molar refractivity (Wildman–Crippen MR) is 31.1 cm³/mol. The summed E-state index contributed by atoms with van der Waals surface area (Å²) in [6, 6.07) is 8.53. The minimum atomic E-state index is -3.54. The number of rotatable bonds is 3. The normalized spacial score (nSPS) is 9.18. The third kappa shape index (κ3) is 3.39. The molecule has 5 heteroatoms. The van der Waals surface area contributed by atoms with E-state index in [1.807, 2.05) is 0 Å². The Morgan fingerprint density at radius 3 is 2.45 bits per heavy atom. The molecule has 58 valence electrons. The molecule has 0 atom stereocenters. The van der Waals surface area contributed by atoms with Crippen molar-refractivity contribution in [2.24, 2.45) is 0 Å². The molecule has 0 unspecified atom stereocenters. The molecule has 0 bridgehead atoms. The van der Waals surface area contributed by atoms with E-state index in [1.54, 1.807) is 30.3 Å². The first-order chi connectivity index (χ1) is 5.29. The second-order valence-corrected chi connectivity index (χ2v) is 2.84. The quantitative estimate of drug-likeness (QED) is 0.434. The molecule has 0 fully saturated rings. The van der Waals surface area contributed by atoms with Crippen molar-refractivity contribution in [3.05, 3.63) is 30.3 Å². The van der Waals surface area contributed by atoms with Crippen LogP contribution in [-0.4, -0.2) is 3.69 Å². The van der Waals surface area contributed by atoms with Crippen molar-refractivity contribution in [1.29, 1.82) is 0 Å². The summed E-state index contributed by atoms with van der Waals surface area (Å²) in [5.74, 6) is 0.419. The fourth-order valence-corrected chi connectivity index (χ4v) is 0.821. The summed E-state index contributed by atoms with van der Waals surface area (Å²) in [6.45, 7) is 0. The van der Waals surface area contributed by atoms with E-state index in [2.05, 4.69) is 8.36 Å². The fourth-order valence-electron chi connectivity index (χ4n) is 0.560. The maximum absolute atomic E-state index is 10.1.